The third kappa shape index (κ3) is 5.32. The first kappa shape index (κ1) is 13.2. The van der Waals surface area contributed by atoms with E-state index in [1.165, 1.54) is 24.8 Å². The molecule has 0 aromatic heterocycles. The fourth-order valence-corrected chi connectivity index (χ4v) is 1.68. The molecule has 0 amide bonds. The molecule has 1 rings (SSSR count). The zero-order chi connectivity index (χ0) is 11.8. The van der Waals surface area contributed by atoms with E-state index in [2.05, 4.69) is 56.4 Å². The van der Waals surface area contributed by atoms with Crippen molar-refractivity contribution in [3.63, 3.8) is 0 Å². The van der Waals surface area contributed by atoms with Crippen molar-refractivity contribution >= 4 is 0 Å². The fourth-order valence-electron chi connectivity index (χ4n) is 1.68. The summed E-state index contributed by atoms with van der Waals surface area (Å²) in [5.74, 6) is 0.791. The number of hydrogen-bond donors (Lipinski definition) is 1. The van der Waals surface area contributed by atoms with E-state index in [1.807, 2.05) is 0 Å². The van der Waals surface area contributed by atoms with Crippen molar-refractivity contribution in [2.75, 3.05) is 6.54 Å². The lowest BCUT2D eigenvalue weighted by atomic mass is 10.0. The normalized spacial score (nSPS) is 14.7. The summed E-state index contributed by atoms with van der Waals surface area (Å²) in [4.78, 5) is 0. The number of hydrogen-bond acceptors (Lipinski definition) is 1. The van der Waals surface area contributed by atoms with Crippen LogP contribution < -0.4 is 5.32 Å². The smallest absolute Gasteiger partial charge is 0.00420 e. The van der Waals surface area contributed by atoms with E-state index in [4.69, 9.17) is 0 Å². The molecule has 0 aliphatic heterocycles. The van der Waals surface area contributed by atoms with Gasteiger partial charge in [0, 0.05) is 6.04 Å². The third-order valence-corrected chi connectivity index (χ3v) is 3.22. The van der Waals surface area contributed by atoms with Crippen molar-refractivity contribution in [3.05, 3.63) is 35.9 Å². The van der Waals surface area contributed by atoms with E-state index >= 15 is 0 Å². The highest BCUT2D eigenvalue weighted by atomic mass is 14.9. The molecule has 0 fully saturated rings. The summed E-state index contributed by atoms with van der Waals surface area (Å²) in [5, 5.41) is 3.60. The Hall–Kier alpha value is -0.820. The van der Waals surface area contributed by atoms with Gasteiger partial charge in [0.1, 0.15) is 0 Å². The first-order chi connectivity index (χ1) is 7.72. The van der Waals surface area contributed by atoms with Gasteiger partial charge in [-0.1, -0.05) is 50.6 Å². The van der Waals surface area contributed by atoms with Crippen molar-refractivity contribution in [2.45, 2.75) is 46.1 Å². The molecule has 0 radical (unpaired) electrons. The molecule has 0 saturated heterocycles. The van der Waals surface area contributed by atoms with E-state index in [-0.39, 0.29) is 0 Å². The van der Waals surface area contributed by atoms with E-state index in [1.54, 1.807) is 0 Å². The van der Waals surface area contributed by atoms with Crippen molar-refractivity contribution in [1.82, 2.24) is 5.32 Å². The summed E-state index contributed by atoms with van der Waals surface area (Å²) in [6.45, 7) is 7.98. The second kappa shape index (κ2) is 7.45. The molecule has 1 N–H and O–H groups in total. The van der Waals surface area contributed by atoms with Crippen molar-refractivity contribution in [2.24, 2.45) is 5.92 Å². The summed E-state index contributed by atoms with van der Waals surface area (Å²) < 4.78 is 0. The SMILES string of the molecule is CCC(C)CNC(C)CCc1ccccc1. The van der Waals surface area contributed by atoms with Gasteiger partial charge < -0.3 is 5.32 Å². The highest BCUT2D eigenvalue weighted by Gasteiger charge is 2.04. The largest absolute Gasteiger partial charge is 0.314 e. The van der Waals surface area contributed by atoms with E-state index in [9.17, 15) is 0 Å². The molecule has 0 saturated carbocycles. The zero-order valence-electron chi connectivity index (χ0n) is 10.9. The molecule has 0 spiro atoms. The topological polar surface area (TPSA) is 12.0 Å². The average molecular weight is 219 g/mol. The lowest BCUT2D eigenvalue weighted by molar-refractivity contribution is 0.438. The minimum atomic E-state index is 0.620. The Labute approximate surface area is 100 Å². The molecule has 2 unspecified atom stereocenters. The first-order valence-corrected chi connectivity index (χ1v) is 6.49. The summed E-state index contributed by atoms with van der Waals surface area (Å²) in [7, 11) is 0. The molecule has 0 aliphatic carbocycles. The number of aryl methyl sites for hydroxylation is 1. The number of nitrogens with one attached hydrogen (secondary N) is 1. The quantitative estimate of drug-likeness (QED) is 0.738. The first-order valence-electron chi connectivity index (χ1n) is 6.49. The van der Waals surface area contributed by atoms with Crippen LogP contribution in [-0.2, 0) is 6.42 Å². The number of rotatable bonds is 7. The summed E-state index contributed by atoms with van der Waals surface area (Å²) in [5.41, 5.74) is 1.44. The second-order valence-corrected chi connectivity index (χ2v) is 4.85. The van der Waals surface area contributed by atoms with Gasteiger partial charge >= 0.3 is 0 Å². The van der Waals surface area contributed by atoms with E-state index < -0.39 is 0 Å². The lowest BCUT2D eigenvalue weighted by Gasteiger charge is -2.16. The van der Waals surface area contributed by atoms with Gasteiger partial charge in [0.15, 0.2) is 0 Å². The van der Waals surface area contributed by atoms with Crippen LogP contribution in [0.25, 0.3) is 0 Å². The highest BCUT2D eigenvalue weighted by molar-refractivity contribution is 5.14. The molecule has 1 aromatic carbocycles. The van der Waals surface area contributed by atoms with Crippen LogP contribution in [0.2, 0.25) is 0 Å². The van der Waals surface area contributed by atoms with Gasteiger partial charge in [-0.05, 0) is 37.8 Å². The van der Waals surface area contributed by atoms with E-state index in [0.717, 1.165) is 12.5 Å². The van der Waals surface area contributed by atoms with Crippen LogP contribution in [0.3, 0.4) is 0 Å². The minimum Gasteiger partial charge on any atom is -0.314 e. The van der Waals surface area contributed by atoms with Crippen molar-refractivity contribution in [3.8, 4) is 0 Å². The summed E-state index contributed by atoms with van der Waals surface area (Å²) in [6, 6.07) is 11.4. The number of benzene rings is 1. The predicted molar refractivity (Wildman–Crippen MR) is 71.7 cm³/mol. The van der Waals surface area contributed by atoms with Crippen LogP contribution in [0, 0.1) is 5.92 Å². The summed E-state index contributed by atoms with van der Waals surface area (Å²) >= 11 is 0. The van der Waals surface area contributed by atoms with Crippen molar-refractivity contribution < 1.29 is 0 Å². The fraction of sp³-hybridized carbons (Fsp3) is 0.600. The van der Waals surface area contributed by atoms with Gasteiger partial charge in [0.25, 0.3) is 0 Å². The van der Waals surface area contributed by atoms with E-state index in [0.29, 0.717) is 6.04 Å². The van der Waals surface area contributed by atoms with Crippen molar-refractivity contribution in [1.29, 1.82) is 0 Å². The molecular formula is C15H25N. The molecule has 1 nitrogen and oxygen atoms in total. The Morgan fingerprint density at radius 2 is 1.81 bits per heavy atom. The Morgan fingerprint density at radius 1 is 1.12 bits per heavy atom. The molecule has 0 aliphatic rings. The van der Waals surface area contributed by atoms with Gasteiger partial charge in [-0.3, -0.25) is 0 Å². The van der Waals surface area contributed by atoms with Gasteiger partial charge in [-0.15, -0.1) is 0 Å². The molecular weight excluding hydrogens is 194 g/mol. The molecule has 0 heterocycles. The van der Waals surface area contributed by atoms with Gasteiger partial charge in [0.2, 0.25) is 0 Å². The maximum atomic E-state index is 3.60. The molecule has 0 bridgehead atoms. The maximum Gasteiger partial charge on any atom is 0.00420 e. The molecule has 16 heavy (non-hydrogen) atoms. The van der Waals surface area contributed by atoms with Crippen LogP contribution in [0.4, 0.5) is 0 Å². The Balaban J connectivity index is 2.18. The van der Waals surface area contributed by atoms with Gasteiger partial charge in [-0.25, -0.2) is 0 Å². The average Bonchev–Trinajstić information content (AvgIpc) is 2.34. The van der Waals surface area contributed by atoms with Crippen LogP contribution in [0.5, 0.6) is 0 Å². The molecule has 1 aromatic rings. The molecule has 1 heteroatoms. The third-order valence-electron chi connectivity index (χ3n) is 3.22. The standard InChI is InChI=1S/C15H25N/c1-4-13(2)12-16-14(3)10-11-15-8-6-5-7-9-15/h5-9,13-14,16H,4,10-12H2,1-3H3. The Bertz CT molecular complexity index is 268. The Kier molecular flexibility index (Phi) is 6.17. The highest BCUT2D eigenvalue weighted by Crippen LogP contribution is 2.05. The van der Waals surface area contributed by atoms with Gasteiger partial charge in [0.05, 0.1) is 0 Å². The molecule has 90 valence electrons. The summed E-state index contributed by atoms with van der Waals surface area (Å²) in [6.07, 6.45) is 3.66. The minimum absolute atomic E-state index is 0.620. The monoisotopic (exact) mass is 219 g/mol. The molecule has 2 atom stereocenters. The Morgan fingerprint density at radius 3 is 2.44 bits per heavy atom. The zero-order valence-corrected chi connectivity index (χ0v) is 10.9. The predicted octanol–water partition coefficient (Wildman–Crippen LogP) is 3.64. The van der Waals surface area contributed by atoms with Crippen LogP contribution >= 0.6 is 0 Å². The maximum absolute atomic E-state index is 3.60. The van der Waals surface area contributed by atoms with Gasteiger partial charge in [-0.2, -0.15) is 0 Å². The van der Waals surface area contributed by atoms with Crippen LogP contribution in [-0.4, -0.2) is 12.6 Å². The van der Waals surface area contributed by atoms with Crippen LogP contribution in [0.1, 0.15) is 39.2 Å². The lowest BCUT2D eigenvalue weighted by Crippen LogP contribution is -2.30. The second-order valence-electron chi connectivity index (χ2n) is 4.85. The van der Waals surface area contributed by atoms with Crippen LogP contribution in [0.15, 0.2) is 30.3 Å².